The van der Waals surface area contributed by atoms with E-state index in [1.807, 2.05) is 60.7 Å². The zero-order valence-electron chi connectivity index (χ0n) is 10.4. The molecule has 0 amide bonds. The van der Waals surface area contributed by atoms with Crippen LogP contribution in [0.4, 0.5) is 0 Å². The Morgan fingerprint density at radius 2 is 1.56 bits per heavy atom. The molecule has 0 heterocycles. The summed E-state index contributed by atoms with van der Waals surface area (Å²) in [5.74, 6) is 0.215. The maximum Gasteiger partial charge on any atom is 0.176 e. The molecule has 1 nitrogen and oxygen atoms in total. The van der Waals surface area contributed by atoms with Crippen LogP contribution in [0.25, 0.3) is 0 Å². The van der Waals surface area contributed by atoms with Gasteiger partial charge in [0.05, 0.1) is 5.25 Å². The van der Waals surface area contributed by atoms with Crippen LogP contribution in [0.5, 0.6) is 0 Å². The van der Waals surface area contributed by atoms with Gasteiger partial charge in [-0.05, 0) is 18.6 Å². The van der Waals surface area contributed by atoms with Crippen molar-refractivity contribution >= 4 is 17.5 Å². The fourth-order valence-electron chi connectivity index (χ4n) is 1.77. The minimum atomic E-state index is -0.00481. The van der Waals surface area contributed by atoms with Crippen molar-refractivity contribution in [2.75, 3.05) is 0 Å². The van der Waals surface area contributed by atoms with Crippen LogP contribution in [0.3, 0.4) is 0 Å². The van der Waals surface area contributed by atoms with Crippen molar-refractivity contribution in [2.24, 2.45) is 0 Å². The second-order valence-corrected chi connectivity index (χ2v) is 5.33. The Morgan fingerprint density at radius 1 is 1.00 bits per heavy atom. The van der Waals surface area contributed by atoms with Gasteiger partial charge in [0, 0.05) is 10.5 Å². The standard InChI is InChI=1S/C16H16OS/c1-2-15(18-14-11-7-4-8-12-14)16(17)13-9-5-3-6-10-13/h3-12,15H,2H2,1H3. The summed E-state index contributed by atoms with van der Waals surface area (Å²) < 4.78 is 0. The van der Waals surface area contributed by atoms with Crippen molar-refractivity contribution in [3.8, 4) is 0 Å². The fourth-order valence-corrected chi connectivity index (χ4v) is 2.83. The zero-order valence-corrected chi connectivity index (χ0v) is 11.2. The summed E-state index contributed by atoms with van der Waals surface area (Å²) in [5, 5.41) is -0.00481. The normalized spacial score (nSPS) is 12.1. The van der Waals surface area contributed by atoms with E-state index >= 15 is 0 Å². The molecule has 1 atom stereocenters. The van der Waals surface area contributed by atoms with Gasteiger partial charge in [-0.1, -0.05) is 55.5 Å². The Bertz CT molecular complexity index is 493. The van der Waals surface area contributed by atoms with E-state index in [1.165, 1.54) is 0 Å². The van der Waals surface area contributed by atoms with Crippen LogP contribution in [-0.2, 0) is 0 Å². The Balaban J connectivity index is 2.12. The number of carbonyl (C=O) groups excluding carboxylic acids is 1. The van der Waals surface area contributed by atoms with Crippen LogP contribution in [0.15, 0.2) is 65.6 Å². The van der Waals surface area contributed by atoms with Gasteiger partial charge in [-0.2, -0.15) is 0 Å². The molecule has 2 heteroatoms. The molecule has 0 radical (unpaired) electrons. The lowest BCUT2D eigenvalue weighted by Gasteiger charge is -2.13. The molecule has 92 valence electrons. The van der Waals surface area contributed by atoms with E-state index in [0.29, 0.717) is 0 Å². The highest BCUT2D eigenvalue weighted by Gasteiger charge is 2.18. The van der Waals surface area contributed by atoms with E-state index in [2.05, 4.69) is 6.92 Å². The molecule has 0 bridgehead atoms. The van der Waals surface area contributed by atoms with Gasteiger partial charge >= 0.3 is 0 Å². The number of Topliss-reactive ketones (excluding diaryl/α,β-unsaturated/α-hetero) is 1. The molecule has 0 aliphatic rings. The fraction of sp³-hybridized carbons (Fsp3) is 0.188. The lowest BCUT2D eigenvalue weighted by molar-refractivity contribution is 0.0988. The van der Waals surface area contributed by atoms with Gasteiger partial charge in [-0.25, -0.2) is 0 Å². The highest BCUT2D eigenvalue weighted by atomic mass is 32.2. The maximum atomic E-state index is 12.4. The molecule has 0 aliphatic carbocycles. The van der Waals surface area contributed by atoms with Crippen LogP contribution >= 0.6 is 11.8 Å². The molecule has 2 aromatic carbocycles. The number of thioether (sulfide) groups is 1. The van der Waals surface area contributed by atoms with E-state index in [0.717, 1.165) is 16.9 Å². The van der Waals surface area contributed by atoms with Crippen LogP contribution in [0.1, 0.15) is 23.7 Å². The topological polar surface area (TPSA) is 17.1 Å². The number of rotatable bonds is 5. The summed E-state index contributed by atoms with van der Waals surface area (Å²) in [6.45, 7) is 2.06. The van der Waals surface area contributed by atoms with Crippen LogP contribution in [0.2, 0.25) is 0 Å². The van der Waals surface area contributed by atoms with E-state index in [9.17, 15) is 4.79 Å². The number of hydrogen-bond donors (Lipinski definition) is 0. The summed E-state index contributed by atoms with van der Waals surface area (Å²) in [6.07, 6.45) is 0.841. The van der Waals surface area contributed by atoms with E-state index in [1.54, 1.807) is 11.8 Å². The first-order valence-corrected chi connectivity index (χ1v) is 7.00. The van der Waals surface area contributed by atoms with E-state index in [4.69, 9.17) is 0 Å². The number of ketones is 1. The smallest absolute Gasteiger partial charge is 0.176 e. The quantitative estimate of drug-likeness (QED) is 0.581. The van der Waals surface area contributed by atoms with Crippen molar-refractivity contribution in [1.29, 1.82) is 0 Å². The number of benzene rings is 2. The van der Waals surface area contributed by atoms with E-state index in [-0.39, 0.29) is 11.0 Å². The summed E-state index contributed by atoms with van der Waals surface area (Å²) in [4.78, 5) is 13.5. The summed E-state index contributed by atoms with van der Waals surface area (Å²) in [5.41, 5.74) is 0.799. The summed E-state index contributed by atoms with van der Waals surface area (Å²) >= 11 is 1.64. The van der Waals surface area contributed by atoms with Gasteiger partial charge in [0.15, 0.2) is 5.78 Å². The molecule has 0 fully saturated rings. The third kappa shape index (κ3) is 3.23. The zero-order chi connectivity index (χ0) is 12.8. The van der Waals surface area contributed by atoms with Gasteiger partial charge in [0.2, 0.25) is 0 Å². The largest absolute Gasteiger partial charge is 0.293 e. The van der Waals surface area contributed by atoms with Gasteiger partial charge < -0.3 is 0 Å². The van der Waals surface area contributed by atoms with Crippen molar-refractivity contribution in [2.45, 2.75) is 23.5 Å². The Labute approximate surface area is 112 Å². The molecule has 0 saturated heterocycles. The minimum Gasteiger partial charge on any atom is -0.293 e. The number of carbonyl (C=O) groups is 1. The van der Waals surface area contributed by atoms with Crippen molar-refractivity contribution in [1.82, 2.24) is 0 Å². The predicted octanol–water partition coefficient (Wildman–Crippen LogP) is 4.44. The maximum absolute atomic E-state index is 12.4. The molecular weight excluding hydrogens is 240 g/mol. The predicted molar refractivity (Wildman–Crippen MR) is 77.2 cm³/mol. The van der Waals surface area contributed by atoms with Crippen LogP contribution in [-0.4, -0.2) is 11.0 Å². The Hall–Kier alpha value is -1.54. The Morgan fingerprint density at radius 3 is 2.11 bits per heavy atom. The molecule has 2 rings (SSSR count). The first-order chi connectivity index (χ1) is 8.81. The molecule has 2 aromatic rings. The average molecular weight is 256 g/mol. The molecule has 0 aromatic heterocycles. The SMILES string of the molecule is CCC(Sc1ccccc1)C(=O)c1ccccc1. The monoisotopic (exact) mass is 256 g/mol. The highest BCUT2D eigenvalue weighted by Crippen LogP contribution is 2.27. The second kappa shape index (κ2) is 6.41. The lowest BCUT2D eigenvalue weighted by Crippen LogP contribution is -2.16. The number of hydrogen-bond acceptors (Lipinski definition) is 2. The average Bonchev–Trinajstić information content (AvgIpc) is 2.46. The molecule has 18 heavy (non-hydrogen) atoms. The van der Waals surface area contributed by atoms with Crippen molar-refractivity contribution < 1.29 is 4.79 Å². The van der Waals surface area contributed by atoms with Gasteiger partial charge in [-0.3, -0.25) is 4.79 Å². The molecule has 1 unspecified atom stereocenters. The molecule has 0 spiro atoms. The molecule has 0 aliphatic heterocycles. The lowest BCUT2D eigenvalue weighted by atomic mass is 10.1. The Kier molecular flexibility index (Phi) is 4.59. The van der Waals surface area contributed by atoms with Gasteiger partial charge in [0.25, 0.3) is 0 Å². The van der Waals surface area contributed by atoms with Crippen molar-refractivity contribution in [3.05, 3.63) is 66.2 Å². The molecular formula is C16H16OS. The van der Waals surface area contributed by atoms with Crippen LogP contribution < -0.4 is 0 Å². The first kappa shape index (κ1) is 12.9. The highest BCUT2D eigenvalue weighted by molar-refractivity contribution is 8.00. The van der Waals surface area contributed by atoms with Gasteiger partial charge in [-0.15, -0.1) is 11.8 Å². The van der Waals surface area contributed by atoms with Gasteiger partial charge in [0.1, 0.15) is 0 Å². The third-order valence-electron chi connectivity index (χ3n) is 2.74. The second-order valence-electron chi connectivity index (χ2n) is 4.06. The van der Waals surface area contributed by atoms with Crippen LogP contribution in [0, 0.1) is 0 Å². The van der Waals surface area contributed by atoms with E-state index < -0.39 is 0 Å². The first-order valence-electron chi connectivity index (χ1n) is 6.12. The van der Waals surface area contributed by atoms with Crippen molar-refractivity contribution in [3.63, 3.8) is 0 Å². The summed E-state index contributed by atoms with van der Waals surface area (Å²) in [7, 11) is 0. The summed E-state index contributed by atoms with van der Waals surface area (Å²) in [6, 6.07) is 19.6. The minimum absolute atomic E-state index is 0.00481. The molecule has 0 saturated carbocycles. The molecule has 0 N–H and O–H groups in total. The third-order valence-corrected chi connectivity index (χ3v) is 4.12.